The molecule has 27 heavy (non-hydrogen) atoms. The van der Waals surface area contributed by atoms with Gasteiger partial charge in [0.25, 0.3) is 0 Å². The minimum Gasteiger partial charge on any atom is -0.481 e. The third kappa shape index (κ3) is 15.8. The Morgan fingerprint density at radius 2 is 1.67 bits per heavy atom. The lowest BCUT2D eigenvalue weighted by Gasteiger charge is -2.13. The maximum Gasteiger partial charge on any atom is 0.326 e. The van der Waals surface area contributed by atoms with Crippen LogP contribution in [0.2, 0.25) is 0 Å². The normalized spacial score (nSPS) is 13.7. The van der Waals surface area contributed by atoms with Crippen molar-refractivity contribution in [2.75, 3.05) is 0 Å². The van der Waals surface area contributed by atoms with Crippen LogP contribution < -0.4 is 5.32 Å². The molecule has 0 aliphatic heterocycles. The second-order valence-electron chi connectivity index (χ2n) is 6.49. The van der Waals surface area contributed by atoms with Crippen LogP contribution in [-0.4, -0.2) is 45.3 Å². The highest BCUT2D eigenvalue weighted by molar-refractivity contribution is 5.83. The Labute approximate surface area is 161 Å². The van der Waals surface area contributed by atoms with E-state index in [0.717, 1.165) is 25.7 Å². The van der Waals surface area contributed by atoms with Gasteiger partial charge in [0.05, 0.1) is 6.10 Å². The molecule has 7 heteroatoms. The van der Waals surface area contributed by atoms with Gasteiger partial charge in [0.2, 0.25) is 5.91 Å². The maximum atomic E-state index is 11.7. The smallest absolute Gasteiger partial charge is 0.326 e. The number of rotatable bonds is 16. The molecule has 7 nitrogen and oxygen atoms in total. The first-order chi connectivity index (χ1) is 12.9. The van der Waals surface area contributed by atoms with Crippen LogP contribution in [0.25, 0.3) is 0 Å². The lowest BCUT2D eigenvalue weighted by Crippen LogP contribution is -2.41. The molecule has 4 N–H and O–H groups in total. The summed E-state index contributed by atoms with van der Waals surface area (Å²) in [6, 6.07) is -1.16. The van der Waals surface area contributed by atoms with Crippen LogP contribution in [0.1, 0.15) is 71.1 Å². The number of carboxylic acids is 2. The number of aliphatic hydroxyl groups excluding tert-OH is 1. The van der Waals surface area contributed by atoms with Crippen molar-refractivity contribution in [3.8, 4) is 0 Å². The Morgan fingerprint density at radius 1 is 0.963 bits per heavy atom. The molecule has 0 rings (SSSR count). The van der Waals surface area contributed by atoms with Crippen LogP contribution in [0.3, 0.4) is 0 Å². The van der Waals surface area contributed by atoms with Gasteiger partial charge in [0, 0.05) is 12.8 Å². The topological polar surface area (TPSA) is 124 Å². The van der Waals surface area contributed by atoms with E-state index in [-0.39, 0.29) is 31.3 Å². The van der Waals surface area contributed by atoms with Gasteiger partial charge in [0.1, 0.15) is 6.04 Å². The zero-order valence-corrected chi connectivity index (χ0v) is 16.1. The fourth-order valence-corrected chi connectivity index (χ4v) is 2.37. The zero-order chi connectivity index (χ0) is 20.5. The number of carbonyl (C=O) groups is 3. The molecule has 0 bridgehead atoms. The van der Waals surface area contributed by atoms with E-state index < -0.39 is 18.0 Å². The number of amides is 1. The Kier molecular flexibility index (Phi) is 14.8. The second-order valence-corrected chi connectivity index (χ2v) is 6.49. The fourth-order valence-electron chi connectivity index (χ4n) is 2.37. The van der Waals surface area contributed by atoms with Crippen molar-refractivity contribution < 1.29 is 29.7 Å². The zero-order valence-electron chi connectivity index (χ0n) is 16.1. The quantitative estimate of drug-likeness (QED) is 0.240. The van der Waals surface area contributed by atoms with Gasteiger partial charge < -0.3 is 20.6 Å². The molecule has 1 amide bonds. The van der Waals surface area contributed by atoms with Crippen LogP contribution in [0.4, 0.5) is 0 Å². The van der Waals surface area contributed by atoms with Gasteiger partial charge in [-0.05, 0) is 38.5 Å². The minimum absolute atomic E-state index is 0.129. The lowest BCUT2D eigenvalue weighted by atomic mass is 10.1. The highest BCUT2D eigenvalue weighted by Crippen LogP contribution is 2.06. The third-order valence-corrected chi connectivity index (χ3v) is 3.96. The number of hydrogen-bond donors (Lipinski definition) is 4. The predicted molar refractivity (Wildman–Crippen MR) is 103 cm³/mol. The first-order valence-electron chi connectivity index (χ1n) is 9.58. The van der Waals surface area contributed by atoms with E-state index in [9.17, 15) is 19.5 Å². The van der Waals surface area contributed by atoms with Crippen molar-refractivity contribution >= 4 is 17.8 Å². The molecular weight excluding hydrogens is 350 g/mol. The summed E-state index contributed by atoms with van der Waals surface area (Å²) in [5.41, 5.74) is 0. The van der Waals surface area contributed by atoms with Crippen LogP contribution >= 0.6 is 0 Å². The molecule has 0 aliphatic rings. The molecule has 154 valence electrons. The summed E-state index contributed by atoms with van der Waals surface area (Å²) in [7, 11) is 0. The Bertz CT molecular complexity index is 501. The maximum absolute atomic E-state index is 11.7. The number of carbonyl (C=O) groups excluding carboxylic acids is 1. The van der Waals surface area contributed by atoms with Gasteiger partial charge in [-0.3, -0.25) is 9.59 Å². The summed E-state index contributed by atoms with van der Waals surface area (Å²) in [6.45, 7) is 2.10. The first-order valence-corrected chi connectivity index (χ1v) is 9.58. The molecule has 0 radical (unpaired) electrons. The second kappa shape index (κ2) is 16.1. The van der Waals surface area contributed by atoms with Crippen LogP contribution in [-0.2, 0) is 14.4 Å². The molecule has 2 atom stereocenters. The lowest BCUT2D eigenvalue weighted by molar-refractivity contribution is -0.143. The molecule has 0 saturated carbocycles. The number of unbranched alkanes of at least 4 members (excludes halogenated alkanes) is 2. The SMILES string of the molecule is CCCCC(O)C/C=C\C/C=C\CCCC(=O)NC(CCC(=O)O)C(=O)O. The predicted octanol–water partition coefficient (Wildman–Crippen LogP) is 3.03. The van der Waals surface area contributed by atoms with Gasteiger partial charge in [-0.25, -0.2) is 4.79 Å². The average Bonchev–Trinajstić information content (AvgIpc) is 2.61. The molecule has 0 spiro atoms. The van der Waals surface area contributed by atoms with Crippen molar-refractivity contribution in [1.29, 1.82) is 0 Å². The average molecular weight is 383 g/mol. The number of aliphatic hydroxyl groups is 1. The van der Waals surface area contributed by atoms with Gasteiger partial charge >= 0.3 is 11.9 Å². The van der Waals surface area contributed by atoms with E-state index in [2.05, 4.69) is 12.2 Å². The number of nitrogens with one attached hydrogen (secondary N) is 1. The van der Waals surface area contributed by atoms with Crippen molar-refractivity contribution in [2.45, 2.75) is 83.3 Å². The first kappa shape index (κ1) is 24.8. The molecule has 0 aromatic rings. The van der Waals surface area contributed by atoms with Crippen LogP contribution in [0, 0.1) is 0 Å². The number of carboxylic acid groups (broad SMARTS) is 2. The minimum atomic E-state index is -1.23. The van der Waals surface area contributed by atoms with Gasteiger partial charge in [-0.15, -0.1) is 0 Å². The summed E-state index contributed by atoms with van der Waals surface area (Å²) >= 11 is 0. The Balaban J connectivity index is 3.86. The molecule has 0 aromatic heterocycles. The number of aliphatic carboxylic acids is 2. The van der Waals surface area contributed by atoms with Crippen molar-refractivity contribution in [3.05, 3.63) is 24.3 Å². The summed E-state index contributed by atoms with van der Waals surface area (Å²) in [4.78, 5) is 33.2. The number of allylic oxidation sites excluding steroid dienone is 3. The van der Waals surface area contributed by atoms with Crippen molar-refractivity contribution in [1.82, 2.24) is 5.32 Å². The standard InChI is InChI=1S/C20H33NO6/c1-2-3-11-16(22)12-9-7-5-4-6-8-10-13-18(23)21-17(20(26)27)14-15-19(24)25/h4,6-7,9,16-17,22H,2-3,5,8,10-15H2,1H3,(H,21,23)(H,24,25)(H,26,27)/b6-4-,9-7-. The summed E-state index contributed by atoms with van der Waals surface area (Å²) < 4.78 is 0. The molecule has 0 heterocycles. The van der Waals surface area contributed by atoms with Gasteiger partial charge in [0.15, 0.2) is 0 Å². The van der Waals surface area contributed by atoms with E-state index in [1.807, 2.05) is 24.3 Å². The van der Waals surface area contributed by atoms with Crippen molar-refractivity contribution in [2.24, 2.45) is 0 Å². The summed E-state index contributed by atoms with van der Waals surface area (Å²) in [5.74, 6) is -2.71. The Hall–Kier alpha value is -2.15. The van der Waals surface area contributed by atoms with E-state index >= 15 is 0 Å². The van der Waals surface area contributed by atoms with Gasteiger partial charge in [-0.2, -0.15) is 0 Å². The fraction of sp³-hybridized carbons (Fsp3) is 0.650. The summed E-state index contributed by atoms with van der Waals surface area (Å²) in [6.07, 6.45) is 13.1. The molecule has 0 aromatic carbocycles. The number of hydrogen-bond acceptors (Lipinski definition) is 4. The van der Waals surface area contributed by atoms with E-state index in [1.54, 1.807) is 0 Å². The van der Waals surface area contributed by atoms with Crippen LogP contribution in [0.5, 0.6) is 0 Å². The van der Waals surface area contributed by atoms with E-state index in [0.29, 0.717) is 19.3 Å². The molecule has 2 unspecified atom stereocenters. The van der Waals surface area contributed by atoms with E-state index in [4.69, 9.17) is 10.2 Å². The molecule has 0 fully saturated rings. The third-order valence-electron chi connectivity index (χ3n) is 3.96. The summed E-state index contributed by atoms with van der Waals surface area (Å²) in [5, 5.41) is 29.6. The van der Waals surface area contributed by atoms with Gasteiger partial charge in [-0.1, -0.05) is 44.1 Å². The van der Waals surface area contributed by atoms with Crippen LogP contribution in [0.15, 0.2) is 24.3 Å². The largest absolute Gasteiger partial charge is 0.481 e. The molecule has 0 aliphatic carbocycles. The Morgan fingerprint density at radius 3 is 2.30 bits per heavy atom. The van der Waals surface area contributed by atoms with Crippen molar-refractivity contribution in [3.63, 3.8) is 0 Å². The van der Waals surface area contributed by atoms with E-state index in [1.165, 1.54) is 0 Å². The highest BCUT2D eigenvalue weighted by atomic mass is 16.4. The molecule has 0 saturated heterocycles. The molecular formula is C20H33NO6. The monoisotopic (exact) mass is 383 g/mol. The highest BCUT2D eigenvalue weighted by Gasteiger charge is 2.20.